The maximum absolute atomic E-state index is 12.8. The topological polar surface area (TPSA) is 75.7 Å². The first-order valence-electron chi connectivity index (χ1n) is 8.42. The number of hydrogen-bond donors (Lipinski definition) is 1. The van der Waals surface area contributed by atoms with Gasteiger partial charge in [-0.2, -0.15) is 4.31 Å². The molecule has 1 aliphatic rings. The van der Waals surface area contributed by atoms with Crippen LogP contribution in [0.5, 0.6) is 0 Å². The Bertz CT molecular complexity index is 964. The summed E-state index contributed by atoms with van der Waals surface area (Å²) in [6.07, 6.45) is 0. The molecular formula is C18H18Cl2N2O4S2. The summed E-state index contributed by atoms with van der Waals surface area (Å²) in [6.45, 7) is 1.30. The van der Waals surface area contributed by atoms with E-state index in [1.165, 1.54) is 34.3 Å². The van der Waals surface area contributed by atoms with Crippen LogP contribution >= 0.6 is 35.0 Å². The first kappa shape index (κ1) is 21.4. The van der Waals surface area contributed by atoms with Gasteiger partial charge in [-0.05, 0) is 30.3 Å². The number of amides is 1. The normalized spacial score (nSPS) is 15.4. The first-order chi connectivity index (χ1) is 13.4. The average Bonchev–Trinajstić information content (AvgIpc) is 2.69. The van der Waals surface area contributed by atoms with Crippen molar-refractivity contribution < 1.29 is 17.9 Å². The van der Waals surface area contributed by atoms with E-state index in [4.69, 9.17) is 27.9 Å². The number of carbonyl (C=O) groups excluding carboxylic acids is 1. The largest absolute Gasteiger partial charge is 0.379 e. The standard InChI is InChI=1S/C18H18Cl2N2O4S2/c19-14-6-5-13(28(24,25)22-7-9-26-10-8-22)11-16(14)21-18(23)12-27-17-4-2-1-3-15(17)20/h1-6,11H,7-10,12H2,(H,21,23). The SMILES string of the molecule is O=C(CSc1ccccc1Cl)Nc1cc(S(=O)(=O)N2CCOCC2)ccc1Cl. The van der Waals surface area contributed by atoms with Gasteiger partial charge in [0.1, 0.15) is 0 Å². The van der Waals surface area contributed by atoms with Gasteiger partial charge in [0.25, 0.3) is 0 Å². The Morgan fingerprint density at radius 1 is 1.11 bits per heavy atom. The number of nitrogens with zero attached hydrogens (tertiary/aromatic N) is 1. The van der Waals surface area contributed by atoms with E-state index in [2.05, 4.69) is 5.32 Å². The van der Waals surface area contributed by atoms with Gasteiger partial charge in [-0.1, -0.05) is 35.3 Å². The van der Waals surface area contributed by atoms with E-state index in [0.717, 1.165) is 4.90 Å². The minimum absolute atomic E-state index is 0.0767. The molecule has 6 nitrogen and oxygen atoms in total. The summed E-state index contributed by atoms with van der Waals surface area (Å²) in [4.78, 5) is 13.2. The molecule has 1 aliphatic heterocycles. The third-order valence-corrected chi connectivity index (χ3v) is 7.75. The van der Waals surface area contributed by atoms with E-state index in [1.54, 1.807) is 6.07 Å². The summed E-state index contributed by atoms with van der Waals surface area (Å²) >= 11 is 13.5. The molecular weight excluding hydrogens is 443 g/mol. The number of benzene rings is 2. The molecule has 0 spiro atoms. The Balaban J connectivity index is 1.71. The van der Waals surface area contributed by atoms with Gasteiger partial charge in [0, 0.05) is 18.0 Å². The lowest BCUT2D eigenvalue weighted by Gasteiger charge is -2.26. The van der Waals surface area contributed by atoms with Crippen molar-refractivity contribution in [1.82, 2.24) is 4.31 Å². The van der Waals surface area contributed by atoms with Crippen molar-refractivity contribution in [2.75, 3.05) is 37.4 Å². The molecule has 0 unspecified atom stereocenters. The van der Waals surface area contributed by atoms with Crippen molar-refractivity contribution >= 4 is 56.6 Å². The number of nitrogens with one attached hydrogen (secondary N) is 1. The molecule has 2 aromatic rings. The van der Waals surface area contributed by atoms with Crippen molar-refractivity contribution in [3.8, 4) is 0 Å². The molecule has 1 N–H and O–H groups in total. The van der Waals surface area contributed by atoms with Crippen molar-refractivity contribution in [3.63, 3.8) is 0 Å². The Hall–Kier alpha value is -1.29. The smallest absolute Gasteiger partial charge is 0.243 e. The van der Waals surface area contributed by atoms with Gasteiger partial charge in [-0.15, -0.1) is 11.8 Å². The maximum Gasteiger partial charge on any atom is 0.243 e. The molecule has 1 heterocycles. The van der Waals surface area contributed by atoms with Gasteiger partial charge in [-0.3, -0.25) is 4.79 Å². The fourth-order valence-corrected chi connectivity index (χ4v) is 5.23. The van der Waals surface area contributed by atoms with Crippen LogP contribution in [0.2, 0.25) is 10.0 Å². The molecule has 1 saturated heterocycles. The zero-order valence-corrected chi connectivity index (χ0v) is 17.9. The fraction of sp³-hybridized carbons (Fsp3) is 0.278. The lowest BCUT2D eigenvalue weighted by Crippen LogP contribution is -2.40. The zero-order valence-electron chi connectivity index (χ0n) is 14.7. The Labute approximate surface area is 178 Å². The van der Waals surface area contributed by atoms with Crippen LogP contribution < -0.4 is 5.32 Å². The van der Waals surface area contributed by atoms with E-state index in [1.807, 2.05) is 18.2 Å². The monoisotopic (exact) mass is 460 g/mol. The lowest BCUT2D eigenvalue weighted by molar-refractivity contribution is -0.113. The van der Waals surface area contributed by atoms with E-state index < -0.39 is 10.0 Å². The molecule has 150 valence electrons. The Kier molecular flexibility index (Phi) is 7.25. The Morgan fingerprint density at radius 2 is 1.82 bits per heavy atom. The second-order valence-electron chi connectivity index (χ2n) is 5.93. The number of carbonyl (C=O) groups is 1. The van der Waals surface area contributed by atoms with Crippen LogP contribution in [0, 0.1) is 0 Å². The van der Waals surface area contributed by atoms with Gasteiger partial charge in [0.15, 0.2) is 0 Å². The number of anilines is 1. The molecule has 10 heteroatoms. The summed E-state index contributed by atoms with van der Waals surface area (Å²) < 4.78 is 32.1. The number of morpholine rings is 1. The highest BCUT2D eigenvalue weighted by Gasteiger charge is 2.27. The summed E-state index contributed by atoms with van der Waals surface area (Å²) in [7, 11) is -3.68. The van der Waals surface area contributed by atoms with E-state index in [0.29, 0.717) is 31.3 Å². The third kappa shape index (κ3) is 5.20. The van der Waals surface area contributed by atoms with Crippen molar-refractivity contribution in [2.45, 2.75) is 9.79 Å². The van der Waals surface area contributed by atoms with Crippen LogP contribution in [0.4, 0.5) is 5.69 Å². The number of sulfonamides is 1. The quantitative estimate of drug-likeness (QED) is 0.664. The van der Waals surface area contributed by atoms with Crippen LogP contribution in [-0.4, -0.2) is 50.7 Å². The minimum atomic E-state index is -3.68. The summed E-state index contributed by atoms with van der Waals surface area (Å²) in [6, 6.07) is 11.5. The number of thioether (sulfide) groups is 1. The summed E-state index contributed by atoms with van der Waals surface area (Å²) in [5.74, 6) is -0.201. The molecule has 0 aromatic heterocycles. The summed E-state index contributed by atoms with van der Waals surface area (Å²) in [5.41, 5.74) is 0.251. The van der Waals surface area contributed by atoms with Gasteiger partial charge in [0.05, 0.1) is 39.6 Å². The van der Waals surface area contributed by atoms with Crippen LogP contribution in [0.1, 0.15) is 0 Å². The van der Waals surface area contributed by atoms with Gasteiger partial charge >= 0.3 is 0 Å². The Morgan fingerprint density at radius 3 is 2.54 bits per heavy atom. The highest BCUT2D eigenvalue weighted by molar-refractivity contribution is 8.00. The van der Waals surface area contributed by atoms with Gasteiger partial charge in [-0.25, -0.2) is 8.42 Å². The second kappa shape index (κ2) is 9.47. The number of ether oxygens (including phenoxy) is 1. The first-order valence-corrected chi connectivity index (χ1v) is 11.6. The molecule has 1 fully saturated rings. The molecule has 28 heavy (non-hydrogen) atoms. The zero-order chi connectivity index (χ0) is 20.1. The van der Waals surface area contributed by atoms with E-state index in [-0.39, 0.29) is 27.3 Å². The summed E-state index contributed by atoms with van der Waals surface area (Å²) in [5, 5.41) is 3.50. The van der Waals surface area contributed by atoms with Crippen LogP contribution in [0.15, 0.2) is 52.3 Å². The lowest BCUT2D eigenvalue weighted by atomic mass is 10.3. The van der Waals surface area contributed by atoms with Gasteiger partial charge in [0.2, 0.25) is 15.9 Å². The van der Waals surface area contributed by atoms with E-state index >= 15 is 0 Å². The predicted octanol–water partition coefficient (Wildman–Crippen LogP) is 3.75. The minimum Gasteiger partial charge on any atom is -0.379 e. The molecule has 0 saturated carbocycles. The number of rotatable bonds is 6. The third-order valence-electron chi connectivity index (χ3n) is 4.02. The molecule has 2 aromatic carbocycles. The van der Waals surface area contributed by atoms with Crippen LogP contribution in [-0.2, 0) is 19.6 Å². The number of halogens is 2. The molecule has 0 aliphatic carbocycles. The predicted molar refractivity (Wildman–Crippen MR) is 112 cm³/mol. The van der Waals surface area contributed by atoms with Gasteiger partial charge < -0.3 is 10.1 Å². The molecule has 1 amide bonds. The fourth-order valence-electron chi connectivity index (χ4n) is 2.59. The molecule has 3 rings (SSSR count). The average molecular weight is 461 g/mol. The molecule has 0 radical (unpaired) electrons. The van der Waals surface area contributed by atoms with Crippen molar-refractivity contribution in [1.29, 1.82) is 0 Å². The van der Waals surface area contributed by atoms with Crippen molar-refractivity contribution in [3.05, 3.63) is 52.5 Å². The maximum atomic E-state index is 12.8. The number of hydrogen-bond acceptors (Lipinski definition) is 5. The molecule has 0 atom stereocenters. The van der Waals surface area contributed by atoms with Crippen LogP contribution in [0.3, 0.4) is 0 Å². The highest BCUT2D eigenvalue weighted by Crippen LogP contribution is 2.29. The van der Waals surface area contributed by atoms with E-state index in [9.17, 15) is 13.2 Å². The molecule has 0 bridgehead atoms. The highest BCUT2D eigenvalue weighted by atomic mass is 35.5. The van der Waals surface area contributed by atoms with Crippen molar-refractivity contribution in [2.24, 2.45) is 0 Å². The van der Waals surface area contributed by atoms with Crippen LogP contribution in [0.25, 0.3) is 0 Å². The second-order valence-corrected chi connectivity index (χ2v) is 9.69.